The van der Waals surface area contributed by atoms with Gasteiger partial charge in [-0.05, 0) is 31.0 Å². The van der Waals surface area contributed by atoms with Gasteiger partial charge in [0.1, 0.15) is 0 Å². The summed E-state index contributed by atoms with van der Waals surface area (Å²) in [7, 11) is 0. The molecule has 2 N–H and O–H groups in total. The Morgan fingerprint density at radius 3 is 2.61 bits per heavy atom. The summed E-state index contributed by atoms with van der Waals surface area (Å²) in [6.45, 7) is 4.16. The van der Waals surface area contributed by atoms with E-state index in [0.717, 1.165) is 5.75 Å². The summed E-state index contributed by atoms with van der Waals surface area (Å²) in [5.41, 5.74) is 9.90. The van der Waals surface area contributed by atoms with E-state index in [4.69, 9.17) is 5.73 Å². The molecule has 2 aromatic rings. The van der Waals surface area contributed by atoms with Crippen molar-refractivity contribution in [3.8, 4) is 0 Å². The minimum Gasteiger partial charge on any atom is -0.324 e. The van der Waals surface area contributed by atoms with Gasteiger partial charge in [0.15, 0.2) is 0 Å². The van der Waals surface area contributed by atoms with E-state index in [2.05, 4.69) is 55.5 Å². The van der Waals surface area contributed by atoms with Gasteiger partial charge in [-0.1, -0.05) is 48.0 Å². The molecule has 18 heavy (non-hydrogen) atoms. The van der Waals surface area contributed by atoms with Crippen LogP contribution >= 0.6 is 11.8 Å². The van der Waals surface area contributed by atoms with Crippen LogP contribution in [0, 0.1) is 6.92 Å². The lowest BCUT2D eigenvalue weighted by atomic mass is 10.1. The lowest BCUT2D eigenvalue weighted by molar-refractivity contribution is 0.797. The highest BCUT2D eigenvalue weighted by Gasteiger charge is 2.06. The molecule has 0 unspecified atom stereocenters. The van der Waals surface area contributed by atoms with Gasteiger partial charge in [-0.15, -0.1) is 11.8 Å². The molecule has 0 aromatic heterocycles. The smallest absolute Gasteiger partial charge is 0.0277 e. The van der Waals surface area contributed by atoms with Gasteiger partial charge in [0, 0.05) is 16.7 Å². The molecule has 0 saturated carbocycles. The molecule has 0 aliphatic heterocycles. The zero-order chi connectivity index (χ0) is 13.0. The lowest BCUT2D eigenvalue weighted by Crippen LogP contribution is -2.06. The van der Waals surface area contributed by atoms with Crippen molar-refractivity contribution in [3.63, 3.8) is 0 Å². The van der Waals surface area contributed by atoms with E-state index in [0.29, 0.717) is 0 Å². The van der Waals surface area contributed by atoms with Gasteiger partial charge in [-0.3, -0.25) is 0 Å². The largest absolute Gasteiger partial charge is 0.324 e. The predicted octanol–water partition coefficient (Wildman–Crippen LogP) is 4.31. The second-order valence-electron chi connectivity index (χ2n) is 4.60. The van der Waals surface area contributed by atoms with Crippen LogP contribution in [0.4, 0.5) is 0 Å². The maximum atomic E-state index is 5.99. The number of nitrogens with two attached hydrogens (primary N) is 1. The molecule has 2 heteroatoms. The first-order chi connectivity index (χ1) is 8.66. The predicted molar refractivity (Wildman–Crippen MR) is 79.8 cm³/mol. The highest BCUT2D eigenvalue weighted by atomic mass is 32.2. The fourth-order valence-corrected chi connectivity index (χ4v) is 3.05. The molecular formula is C16H19NS. The Labute approximate surface area is 113 Å². The van der Waals surface area contributed by atoms with Crippen LogP contribution in [0.3, 0.4) is 0 Å². The van der Waals surface area contributed by atoms with E-state index in [9.17, 15) is 0 Å². The van der Waals surface area contributed by atoms with E-state index in [1.165, 1.54) is 21.6 Å². The summed E-state index contributed by atoms with van der Waals surface area (Å²) in [5, 5.41) is 0. The highest BCUT2D eigenvalue weighted by Crippen LogP contribution is 2.29. The van der Waals surface area contributed by atoms with E-state index < -0.39 is 0 Å². The summed E-state index contributed by atoms with van der Waals surface area (Å²) in [6, 6.07) is 17.1. The SMILES string of the molecule is Cc1cccc(CSc2ccccc2[C@H](C)N)c1. The molecule has 1 atom stereocenters. The minimum atomic E-state index is 0.0891. The van der Waals surface area contributed by atoms with Gasteiger partial charge in [0.05, 0.1) is 0 Å². The van der Waals surface area contributed by atoms with Crippen molar-refractivity contribution in [3.05, 3.63) is 65.2 Å². The molecule has 2 aromatic carbocycles. The number of benzene rings is 2. The molecule has 0 aliphatic carbocycles. The van der Waals surface area contributed by atoms with E-state index >= 15 is 0 Å². The molecule has 2 rings (SSSR count). The van der Waals surface area contributed by atoms with E-state index in [1.54, 1.807) is 0 Å². The van der Waals surface area contributed by atoms with Crippen molar-refractivity contribution < 1.29 is 0 Å². The van der Waals surface area contributed by atoms with Crippen LogP contribution in [-0.4, -0.2) is 0 Å². The molecule has 0 aliphatic rings. The highest BCUT2D eigenvalue weighted by molar-refractivity contribution is 7.98. The topological polar surface area (TPSA) is 26.0 Å². The van der Waals surface area contributed by atoms with Gasteiger partial charge in [0.25, 0.3) is 0 Å². The van der Waals surface area contributed by atoms with E-state index in [1.807, 2.05) is 18.7 Å². The number of thioether (sulfide) groups is 1. The van der Waals surface area contributed by atoms with Gasteiger partial charge >= 0.3 is 0 Å². The Morgan fingerprint density at radius 1 is 1.11 bits per heavy atom. The zero-order valence-corrected chi connectivity index (χ0v) is 11.7. The summed E-state index contributed by atoms with van der Waals surface area (Å²) >= 11 is 1.86. The Bertz CT molecular complexity index is 520. The Morgan fingerprint density at radius 2 is 1.89 bits per heavy atom. The van der Waals surface area contributed by atoms with Crippen molar-refractivity contribution >= 4 is 11.8 Å². The van der Waals surface area contributed by atoms with Crippen molar-refractivity contribution in [2.45, 2.75) is 30.5 Å². The first-order valence-electron chi connectivity index (χ1n) is 6.19. The van der Waals surface area contributed by atoms with Crippen molar-refractivity contribution in [2.75, 3.05) is 0 Å². The number of rotatable bonds is 4. The van der Waals surface area contributed by atoms with Gasteiger partial charge in [0.2, 0.25) is 0 Å². The standard InChI is InChI=1S/C16H19NS/c1-12-6-5-7-14(10-12)11-18-16-9-4-3-8-15(16)13(2)17/h3-10,13H,11,17H2,1-2H3/t13-/m0/s1. The van der Waals surface area contributed by atoms with Gasteiger partial charge < -0.3 is 5.73 Å². The van der Waals surface area contributed by atoms with Crippen LogP contribution in [0.25, 0.3) is 0 Å². The third kappa shape index (κ3) is 3.37. The second-order valence-corrected chi connectivity index (χ2v) is 5.62. The molecule has 0 fully saturated rings. The fourth-order valence-electron chi connectivity index (χ4n) is 1.95. The van der Waals surface area contributed by atoms with Crippen LogP contribution in [-0.2, 0) is 5.75 Å². The molecule has 0 heterocycles. The Kier molecular flexibility index (Phi) is 4.45. The number of hydrogen-bond donors (Lipinski definition) is 1. The third-order valence-electron chi connectivity index (χ3n) is 2.89. The molecular weight excluding hydrogens is 238 g/mol. The lowest BCUT2D eigenvalue weighted by Gasteiger charge is -2.12. The zero-order valence-electron chi connectivity index (χ0n) is 10.9. The first-order valence-corrected chi connectivity index (χ1v) is 7.18. The molecule has 0 bridgehead atoms. The van der Waals surface area contributed by atoms with Crippen LogP contribution in [0.2, 0.25) is 0 Å². The van der Waals surface area contributed by atoms with Gasteiger partial charge in [-0.2, -0.15) is 0 Å². The van der Waals surface area contributed by atoms with Crippen LogP contribution in [0.5, 0.6) is 0 Å². The van der Waals surface area contributed by atoms with Crippen molar-refractivity contribution in [2.24, 2.45) is 5.73 Å². The van der Waals surface area contributed by atoms with E-state index in [-0.39, 0.29) is 6.04 Å². The maximum Gasteiger partial charge on any atom is 0.0277 e. The molecule has 0 spiro atoms. The Balaban J connectivity index is 2.11. The Hall–Kier alpha value is -1.25. The molecule has 1 nitrogen and oxygen atoms in total. The van der Waals surface area contributed by atoms with Crippen LogP contribution in [0.15, 0.2) is 53.4 Å². The summed E-state index contributed by atoms with van der Waals surface area (Å²) in [5.74, 6) is 0.991. The average molecular weight is 257 g/mol. The van der Waals surface area contributed by atoms with Crippen molar-refractivity contribution in [1.29, 1.82) is 0 Å². The van der Waals surface area contributed by atoms with Crippen LogP contribution < -0.4 is 5.73 Å². The first kappa shape index (κ1) is 13.2. The number of aryl methyl sites for hydroxylation is 1. The monoisotopic (exact) mass is 257 g/mol. The maximum absolute atomic E-state index is 5.99. The average Bonchev–Trinajstić information content (AvgIpc) is 2.37. The fraction of sp³-hybridized carbons (Fsp3) is 0.250. The minimum absolute atomic E-state index is 0.0891. The number of hydrogen-bond acceptors (Lipinski definition) is 2. The summed E-state index contributed by atoms with van der Waals surface area (Å²) < 4.78 is 0. The normalized spacial score (nSPS) is 12.4. The molecule has 0 saturated heterocycles. The van der Waals surface area contributed by atoms with Crippen LogP contribution in [0.1, 0.15) is 29.7 Å². The molecule has 94 valence electrons. The summed E-state index contributed by atoms with van der Waals surface area (Å²) in [4.78, 5) is 1.29. The quantitative estimate of drug-likeness (QED) is 0.826. The molecule has 0 amide bonds. The van der Waals surface area contributed by atoms with Gasteiger partial charge in [-0.25, -0.2) is 0 Å². The third-order valence-corrected chi connectivity index (χ3v) is 4.05. The summed E-state index contributed by atoms with van der Waals surface area (Å²) in [6.07, 6.45) is 0. The second kappa shape index (κ2) is 6.07. The van der Waals surface area contributed by atoms with Crippen molar-refractivity contribution in [1.82, 2.24) is 0 Å². The molecule has 0 radical (unpaired) electrons.